The first-order valence-electron chi connectivity index (χ1n) is 4.01. The molecule has 0 rings (SSSR count). The van der Waals surface area contributed by atoms with Crippen molar-refractivity contribution in [2.24, 2.45) is 5.92 Å². The summed E-state index contributed by atoms with van der Waals surface area (Å²) in [6.45, 7) is 3.67. The molecular weight excluding hydrogens is 158 g/mol. The van der Waals surface area contributed by atoms with Crippen molar-refractivity contribution in [2.75, 3.05) is 6.54 Å². The van der Waals surface area contributed by atoms with Gasteiger partial charge in [0.25, 0.3) is 0 Å². The standard InChI is InChI=1S/C8H15NO3/c1-6(8(11)12)4-3-5-9-7(2)10/h6H,3-5H2,1-2H3,(H,9,10)(H,11,12). The number of carbonyl (C=O) groups is 2. The van der Waals surface area contributed by atoms with Gasteiger partial charge in [-0.1, -0.05) is 6.92 Å². The molecular formula is C8H15NO3. The van der Waals surface area contributed by atoms with Crippen molar-refractivity contribution in [1.82, 2.24) is 5.32 Å². The van der Waals surface area contributed by atoms with Gasteiger partial charge in [-0.3, -0.25) is 9.59 Å². The third-order valence-electron chi connectivity index (χ3n) is 1.61. The molecule has 12 heavy (non-hydrogen) atoms. The van der Waals surface area contributed by atoms with Gasteiger partial charge in [0.05, 0.1) is 5.92 Å². The minimum absolute atomic E-state index is 0.0713. The van der Waals surface area contributed by atoms with E-state index < -0.39 is 5.97 Å². The molecule has 0 aliphatic rings. The average Bonchev–Trinajstić information content (AvgIpc) is 1.97. The minimum atomic E-state index is -0.780. The maximum atomic E-state index is 10.4. The van der Waals surface area contributed by atoms with Gasteiger partial charge < -0.3 is 10.4 Å². The van der Waals surface area contributed by atoms with E-state index in [-0.39, 0.29) is 11.8 Å². The number of hydrogen-bond acceptors (Lipinski definition) is 2. The Bertz CT molecular complexity index is 168. The van der Waals surface area contributed by atoms with Gasteiger partial charge in [0.1, 0.15) is 0 Å². The Labute approximate surface area is 72.0 Å². The molecule has 1 unspecified atom stereocenters. The summed E-state index contributed by atoms with van der Waals surface area (Å²) in [7, 11) is 0. The normalized spacial score (nSPS) is 12.2. The quantitative estimate of drug-likeness (QED) is 0.599. The van der Waals surface area contributed by atoms with Crippen LogP contribution in [0.1, 0.15) is 26.7 Å². The van der Waals surface area contributed by atoms with Crippen LogP contribution in [0.5, 0.6) is 0 Å². The number of aliphatic carboxylic acids is 1. The maximum absolute atomic E-state index is 10.4. The topological polar surface area (TPSA) is 66.4 Å². The molecule has 70 valence electrons. The second-order valence-electron chi connectivity index (χ2n) is 2.86. The number of carbonyl (C=O) groups excluding carboxylic acids is 1. The second kappa shape index (κ2) is 5.57. The van der Waals surface area contributed by atoms with E-state index in [0.29, 0.717) is 19.4 Å². The average molecular weight is 173 g/mol. The van der Waals surface area contributed by atoms with E-state index in [1.807, 2.05) is 0 Å². The highest BCUT2D eigenvalue weighted by Gasteiger charge is 2.09. The van der Waals surface area contributed by atoms with Gasteiger partial charge in [0.2, 0.25) is 5.91 Å². The van der Waals surface area contributed by atoms with Crippen molar-refractivity contribution in [3.05, 3.63) is 0 Å². The van der Waals surface area contributed by atoms with Gasteiger partial charge in [-0.05, 0) is 12.8 Å². The molecule has 0 bridgehead atoms. The van der Waals surface area contributed by atoms with Crippen molar-refractivity contribution in [2.45, 2.75) is 26.7 Å². The van der Waals surface area contributed by atoms with Crippen molar-refractivity contribution >= 4 is 11.9 Å². The fourth-order valence-electron chi connectivity index (χ4n) is 0.796. The summed E-state index contributed by atoms with van der Waals surface area (Å²) in [5.41, 5.74) is 0. The van der Waals surface area contributed by atoms with Gasteiger partial charge in [-0.15, -0.1) is 0 Å². The van der Waals surface area contributed by atoms with Crippen molar-refractivity contribution in [1.29, 1.82) is 0 Å². The maximum Gasteiger partial charge on any atom is 0.306 e. The smallest absolute Gasteiger partial charge is 0.306 e. The zero-order chi connectivity index (χ0) is 9.56. The fraction of sp³-hybridized carbons (Fsp3) is 0.750. The number of amides is 1. The predicted octanol–water partition coefficient (Wildman–Crippen LogP) is 0.623. The number of carboxylic acids is 1. The van der Waals surface area contributed by atoms with Gasteiger partial charge in [0.15, 0.2) is 0 Å². The monoisotopic (exact) mass is 173 g/mol. The van der Waals surface area contributed by atoms with E-state index >= 15 is 0 Å². The Hall–Kier alpha value is -1.06. The summed E-state index contributed by atoms with van der Waals surface area (Å²) in [5.74, 6) is -1.17. The molecule has 0 aromatic carbocycles. The lowest BCUT2D eigenvalue weighted by Crippen LogP contribution is -2.22. The molecule has 0 spiro atoms. The lowest BCUT2D eigenvalue weighted by atomic mass is 10.1. The summed E-state index contributed by atoms with van der Waals surface area (Å²) >= 11 is 0. The molecule has 0 fully saturated rings. The van der Waals surface area contributed by atoms with Gasteiger partial charge >= 0.3 is 5.97 Å². The molecule has 0 aromatic rings. The molecule has 4 heteroatoms. The van der Waals surface area contributed by atoms with Crippen LogP contribution in [-0.4, -0.2) is 23.5 Å². The van der Waals surface area contributed by atoms with E-state index in [4.69, 9.17) is 5.11 Å². The van der Waals surface area contributed by atoms with Crippen LogP contribution in [0.4, 0.5) is 0 Å². The van der Waals surface area contributed by atoms with Crippen LogP contribution in [0, 0.1) is 5.92 Å². The number of carboxylic acid groups (broad SMARTS) is 1. The molecule has 0 saturated carbocycles. The Kier molecular flexibility index (Phi) is 5.08. The highest BCUT2D eigenvalue weighted by atomic mass is 16.4. The molecule has 4 nitrogen and oxygen atoms in total. The summed E-state index contributed by atoms with van der Waals surface area (Å²) in [6.07, 6.45) is 1.32. The Morgan fingerprint density at radius 1 is 1.50 bits per heavy atom. The highest BCUT2D eigenvalue weighted by molar-refractivity contribution is 5.72. The molecule has 1 amide bonds. The first-order valence-corrected chi connectivity index (χ1v) is 4.01. The van der Waals surface area contributed by atoms with Crippen LogP contribution in [0.25, 0.3) is 0 Å². The first kappa shape index (κ1) is 10.9. The molecule has 0 saturated heterocycles. The van der Waals surface area contributed by atoms with Gasteiger partial charge in [0, 0.05) is 13.5 Å². The largest absolute Gasteiger partial charge is 0.481 e. The van der Waals surface area contributed by atoms with Crippen LogP contribution < -0.4 is 5.32 Å². The molecule has 0 radical (unpaired) electrons. The number of hydrogen-bond donors (Lipinski definition) is 2. The Morgan fingerprint density at radius 2 is 2.08 bits per heavy atom. The Balaban J connectivity index is 3.31. The molecule has 0 aliphatic carbocycles. The molecule has 0 heterocycles. The van der Waals surface area contributed by atoms with Gasteiger partial charge in [-0.25, -0.2) is 0 Å². The second-order valence-corrected chi connectivity index (χ2v) is 2.86. The van der Waals surface area contributed by atoms with Gasteiger partial charge in [-0.2, -0.15) is 0 Å². The lowest BCUT2D eigenvalue weighted by molar-refractivity contribution is -0.141. The van der Waals surface area contributed by atoms with Crippen LogP contribution in [-0.2, 0) is 9.59 Å². The molecule has 0 aliphatic heterocycles. The number of rotatable bonds is 5. The predicted molar refractivity (Wildman–Crippen MR) is 44.7 cm³/mol. The first-order chi connectivity index (χ1) is 5.54. The third-order valence-corrected chi connectivity index (χ3v) is 1.61. The molecule has 0 aromatic heterocycles. The van der Waals surface area contributed by atoms with Crippen molar-refractivity contribution < 1.29 is 14.7 Å². The van der Waals surface area contributed by atoms with E-state index in [2.05, 4.69) is 5.32 Å². The summed E-state index contributed by atoms with van der Waals surface area (Å²) < 4.78 is 0. The SMILES string of the molecule is CC(=O)NCCCC(C)C(=O)O. The zero-order valence-corrected chi connectivity index (χ0v) is 7.46. The molecule has 1 atom stereocenters. The van der Waals surface area contributed by atoms with Crippen LogP contribution in [0.2, 0.25) is 0 Å². The third kappa shape index (κ3) is 5.70. The van der Waals surface area contributed by atoms with E-state index in [9.17, 15) is 9.59 Å². The van der Waals surface area contributed by atoms with E-state index in [1.54, 1.807) is 6.92 Å². The fourth-order valence-corrected chi connectivity index (χ4v) is 0.796. The van der Waals surface area contributed by atoms with Crippen molar-refractivity contribution in [3.8, 4) is 0 Å². The highest BCUT2D eigenvalue weighted by Crippen LogP contribution is 2.03. The van der Waals surface area contributed by atoms with Crippen LogP contribution in [0.15, 0.2) is 0 Å². The van der Waals surface area contributed by atoms with E-state index in [1.165, 1.54) is 6.92 Å². The summed E-state index contributed by atoms with van der Waals surface area (Å²) in [5, 5.41) is 11.1. The summed E-state index contributed by atoms with van der Waals surface area (Å²) in [4.78, 5) is 20.7. The van der Waals surface area contributed by atoms with Crippen molar-refractivity contribution in [3.63, 3.8) is 0 Å². The molecule has 2 N–H and O–H groups in total. The summed E-state index contributed by atoms with van der Waals surface area (Å²) in [6, 6.07) is 0. The van der Waals surface area contributed by atoms with Crippen LogP contribution >= 0.6 is 0 Å². The minimum Gasteiger partial charge on any atom is -0.481 e. The lowest BCUT2D eigenvalue weighted by Gasteiger charge is -2.05. The van der Waals surface area contributed by atoms with E-state index in [0.717, 1.165) is 0 Å². The number of nitrogens with one attached hydrogen (secondary N) is 1. The van der Waals surface area contributed by atoms with Crippen LogP contribution in [0.3, 0.4) is 0 Å². The Morgan fingerprint density at radius 3 is 2.50 bits per heavy atom. The zero-order valence-electron chi connectivity index (χ0n) is 7.46.